The standard InChI is InChI=1S/C18H17NO4/c20-16(14-9-5-2-6-10-14)11-17(21)19-15(12-23-18(19)22)13-7-3-1-4-8-13/h1-10,15-16,20H,11-12H2/t15-,16+/m1/s1. The van der Waals surface area contributed by atoms with Crippen LogP contribution in [0.3, 0.4) is 0 Å². The maximum atomic E-state index is 12.5. The van der Waals surface area contributed by atoms with E-state index in [9.17, 15) is 14.7 Å². The van der Waals surface area contributed by atoms with Crippen molar-refractivity contribution in [2.24, 2.45) is 0 Å². The highest BCUT2D eigenvalue weighted by molar-refractivity contribution is 5.94. The third kappa shape index (κ3) is 3.24. The number of ether oxygens (including phenoxy) is 1. The van der Waals surface area contributed by atoms with Crippen LogP contribution in [0, 0.1) is 0 Å². The van der Waals surface area contributed by atoms with Crippen LogP contribution in [0.2, 0.25) is 0 Å². The molecule has 2 amide bonds. The summed E-state index contributed by atoms with van der Waals surface area (Å²) in [5.41, 5.74) is 1.48. The summed E-state index contributed by atoms with van der Waals surface area (Å²) in [6.07, 6.45) is -1.78. The minimum absolute atomic E-state index is 0.135. The molecule has 0 spiro atoms. The summed E-state index contributed by atoms with van der Waals surface area (Å²) in [4.78, 5) is 25.5. The average molecular weight is 311 g/mol. The zero-order valence-corrected chi connectivity index (χ0v) is 12.5. The molecule has 0 aromatic heterocycles. The quantitative estimate of drug-likeness (QED) is 0.943. The highest BCUT2D eigenvalue weighted by atomic mass is 16.6. The number of cyclic esters (lactones) is 1. The molecule has 0 saturated carbocycles. The van der Waals surface area contributed by atoms with Gasteiger partial charge in [0.05, 0.1) is 12.5 Å². The van der Waals surface area contributed by atoms with Crippen molar-refractivity contribution in [1.29, 1.82) is 0 Å². The lowest BCUT2D eigenvalue weighted by atomic mass is 10.0. The molecular weight excluding hydrogens is 294 g/mol. The van der Waals surface area contributed by atoms with E-state index in [1.807, 2.05) is 36.4 Å². The zero-order chi connectivity index (χ0) is 16.2. The van der Waals surface area contributed by atoms with E-state index in [1.54, 1.807) is 24.3 Å². The Hall–Kier alpha value is -2.66. The Morgan fingerprint density at radius 3 is 2.39 bits per heavy atom. The number of carbonyl (C=O) groups excluding carboxylic acids is 2. The molecule has 2 atom stereocenters. The van der Waals surface area contributed by atoms with E-state index in [0.29, 0.717) is 5.56 Å². The van der Waals surface area contributed by atoms with Crippen LogP contribution in [0.25, 0.3) is 0 Å². The fraction of sp³-hybridized carbons (Fsp3) is 0.222. The van der Waals surface area contributed by atoms with Crippen molar-refractivity contribution >= 4 is 12.0 Å². The monoisotopic (exact) mass is 311 g/mol. The minimum atomic E-state index is -0.950. The molecule has 0 bridgehead atoms. The zero-order valence-electron chi connectivity index (χ0n) is 12.5. The van der Waals surface area contributed by atoms with Gasteiger partial charge in [0, 0.05) is 0 Å². The van der Waals surface area contributed by atoms with Gasteiger partial charge in [-0.1, -0.05) is 60.7 Å². The predicted molar refractivity (Wildman–Crippen MR) is 83.4 cm³/mol. The van der Waals surface area contributed by atoms with Crippen LogP contribution in [-0.2, 0) is 9.53 Å². The molecular formula is C18H17NO4. The van der Waals surface area contributed by atoms with Crippen molar-refractivity contribution in [2.75, 3.05) is 6.61 Å². The van der Waals surface area contributed by atoms with Crippen molar-refractivity contribution in [3.63, 3.8) is 0 Å². The third-order valence-electron chi connectivity index (χ3n) is 3.88. The van der Waals surface area contributed by atoms with Gasteiger partial charge in [0.1, 0.15) is 12.6 Å². The van der Waals surface area contributed by atoms with Gasteiger partial charge >= 0.3 is 6.09 Å². The van der Waals surface area contributed by atoms with Crippen molar-refractivity contribution in [2.45, 2.75) is 18.6 Å². The maximum absolute atomic E-state index is 12.5. The van der Waals surface area contributed by atoms with Crippen LogP contribution < -0.4 is 0 Å². The molecule has 5 nitrogen and oxygen atoms in total. The molecule has 5 heteroatoms. The van der Waals surface area contributed by atoms with Crippen molar-refractivity contribution in [1.82, 2.24) is 4.90 Å². The van der Waals surface area contributed by atoms with E-state index >= 15 is 0 Å². The molecule has 1 fully saturated rings. The van der Waals surface area contributed by atoms with Crippen LogP contribution in [0.1, 0.15) is 29.7 Å². The first kappa shape index (κ1) is 15.2. The van der Waals surface area contributed by atoms with E-state index < -0.39 is 24.1 Å². The highest BCUT2D eigenvalue weighted by Crippen LogP contribution is 2.29. The van der Waals surface area contributed by atoms with Gasteiger partial charge in [-0.15, -0.1) is 0 Å². The third-order valence-corrected chi connectivity index (χ3v) is 3.88. The van der Waals surface area contributed by atoms with Gasteiger partial charge in [0.15, 0.2) is 0 Å². The largest absolute Gasteiger partial charge is 0.446 e. The number of hydrogen-bond donors (Lipinski definition) is 1. The van der Waals surface area contributed by atoms with E-state index in [-0.39, 0.29) is 13.0 Å². The second-order valence-electron chi connectivity index (χ2n) is 5.40. The molecule has 2 aromatic carbocycles. The first-order valence-electron chi connectivity index (χ1n) is 7.43. The Labute approximate surface area is 134 Å². The number of rotatable bonds is 4. The summed E-state index contributed by atoms with van der Waals surface area (Å²) in [5, 5.41) is 10.2. The van der Waals surface area contributed by atoms with Gasteiger partial charge in [-0.2, -0.15) is 0 Å². The van der Waals surface area contributed by atoms with Gasteiger partial charge in [-0.05, 0) is 11.1 Å². The lowest BCUT2D eigenvalue weighted by Crippen LogP contribution is -2.35. The number of nitrogens with zero attached hydrogens (tertiary/aromatic N) is 1. The van der Waals surface area contributed by atoms with Gasteiger partial charge in [-0.3, -0.25) is 4.79 Å². The number of imide groups is 1. The van der Waals surface area contributed by atoms with Crippen molar-refractivity contribution in [3.05, 3.63) is 71.8 Å². The van der Waals surface area contributed by atoms with Crippen molar-refractivity contribution < 1.29 is 19.4 Å². The minimum Gasteiger partial charge on any atom is -0.446 e. The lowest BCUT2D eigenvalue weighted by Gasteiger charge is -2.21. The number of carbonyl (C=O) groups is 2. The van der Waals surface area contributed by atoms with Gasteiger partial charge < -0.3 is 9.84 Å². The molecule has 1 saturated heterocycles. The maximum Gasteiger partial charge on any atom is 0.417 e. The first-order chi connectivity index (χ1) is 11.2. The van der Waals surface area contributed by atoms with Crippen LogP contribution >= 0.6 is 0 Å². The Kier molecular flexibility index (Phi) is 4.39. The van der Waals surface area contributed by atoms with Gasteiger partial charge in [0.25, 0.3) is 0 Å². The number of benzene rings is 2. The predicted octanol–water partition coefficient (Wildman–Crippen LogP) is 2.83. The number of aliphatic hydroxyl groups is 1. The summed E-state index contributed by atoms with van der Waals surface area (Å²) >= 11 is 0. The number of amides is 2. The normalized spacial score (nSPS) is 18.6. The molecule has 1 aliphatic rings. The van der Waals surface area contributed by atoms with E-state index in [2.05, 4.69) is 0 Å². The molecule has 0 radical (unpaired) electrons. The summed E-state index contributed by atoms with van der Waals surface area (Å²) in [7, 11) is 0. The molecule has 0 unspecified atom stereocenters. The molecule has 23 heavy (non-hydrogen) atoms. The second kappa shape index (κ2) is 6.62. The lowest BCUT2D eigenvalue weighted by molar-refractivity contribution is -0.131. The molecule has 1 N–H and O–H groups in total. The highest BCUT2D eigenvalue weighted by Gasteiger charge is 2.39. The fourth-order valence-corrected chi connectivity index (χ4v) is 2.67. The molecule has 1 heterocycles. The van der Waals surface area contributed by atoms with E-state index in [1.165, 1.54) is 0 Å². The molecule has 118 valence electrons. The van der Waals surface area contributed by atoms with Gasteiger partial charge in [-0.25, -0.2) is 9.69 Å². The molecule has 0 aliphatic carbocycles. The Morgan fingerprint density at radius 2 is 1.74 bits per heavy atom. The summed E-state index contributed by atoms with van der Waals surface area (Å²) in [6.45, 7) is 0.135. The molecule has 1 aliphatic heterocycles. The summed E-state index contributed by atoms with van der Waals surface area (Å²) < 4.78 is 5.03. The topological polar surface area (TPSA) is 66.8 Å². The average Bonchev–Trinajstić information content (AvgIpc) is 2.98. The van der Waals surface area contributed by atoms with Crippen LogP contribution in [0.4, 0.5) is 4.79 Å². The SMILES string of the molecule is O=C(C[C@H](O)c1ccccc1)N1C(=O)OC[C@@H]1c1ccccc1. The summed E-state index contributed by atoms with van der Waals surface area (Å²) in [6, 6.07) is 17.7. The Morgan fingerprint density at radius 1 is 1.13 bits per heavy atom. The smallest absolute Gasteiger partial charge is 0.417 e. The van der Waals surface area contributed by atoms with Crippen LogP contribution in [0.5, 0.6) is 0 Å². The molecule has 2 aromatic rings. The van der Waals surface area contributed by atoms with Crippen LogP contribution in [0.15, 0.2) is 60.7 Å². The van der Waals surface area contributed by atoms with E-state index in [4.69, 9.17) is 4.74 Å². The Bertz CT molecular complexity index is 687. The number of aliphatic hydroxyl groups excluding tert-OH is 1. The number of hydrogen-bond acceptors (Lipinski definition) is 4. The van der Waals surface area contributed by atoms with Crippen molar-refractivity contribution in [3.8, 4) is 0 Å². The fourth-order valence-electron chi connectivity index (χ4n) is 2.67. The van der Waals surface area contributed by atoms with Crippen LogP contribution in [-0.4, -0.2) is 28.6 Å². The summed E-state index contributed by atoms with van der Waals surface area (Å²) in [5.74, 6) is -0.447. The Balaban J connectivity index is 1.76. The van der Waals surface area contributed by atoms with E-state index in [0.717, 1.165) is 10.5 Å². The molecule has 3 rings (SSSR count). The second-order valence-corrected chi connectivity index (χ2v) is 5.40. The van der Waals surface area contributed by atoms with Gasteiger partial charge in [0.2, 0.25) is 5.91 Å². The first-order valence-corrected chi connectivity index (χ1v) is 7.43.